The van der Waals surface area contributed by atoms with Crippen molar-refractivity contribution < 1.29 is 14.0 Å². The summed E-state index contributed by atoms with van der Waals surface area (Å²) in [6, 6.07) is 4.08. The molecule has 5 nitrogen and oxygen atoms in total. The third-order valence-corrected chi connectivity index (χ3v) is 6.54. The van der Waals surface area contributed by atoms with Crippen LogP contribution in [0.25, 0.3) is 0 Å². The Labute approximate surface area is 164 Å². The van der Waals surface area contributed by atoms with Crippen LogP contribution < -0.4 is 0 Å². The van der Waals surface area contributed by atoms with Crippen LogP contribution in [0, 0.1) is 5.82 Å². The summed E-state index contributed by atoms with van der Waals surface area (Å²) in [5.41, 5.74) is -0.114. The Morgan fingerprint density at radius 1 is 1.04 bits per heavy atom. The highest BCUT2D eigenvalue weighted by atomic mass is 35.5. The molecule has 0 bridgehead atoms. The second kappa shape index (κ2) is 7.40. The van der Waals surface area contributed by atoms with Gasteiger partial charge in [0, 0.05) is 43.3 Å². The third kappa shape index (κ3) is 3.57. The number of piperidine rings is 1. The van der Waals surface area contributed by atoms with E-state index in [4.69, 9.17) is 11.6 Å². The highest BCUT2D eigenvalue weighted by molar-refractivity contribution is 6.31. The quantitative estimate of drug-likeness (QED) is 0.793. The molecule has 3 aliphatic heterocycles. The SMILES string of the molecule is O=C(CN1CCC12CCCN(C(=O)c1cc(Cl)ccc1F)C2)N1CCCC1. The predicted molar refractivity (Wildman–Crippen MR) is 101 cm³/mol. The molecule has 4 rings (SSSR count). The van der Waals surface area contributed by atoms with Gasteiger partial charge in [-0.2, -0.15) is 0 Å². The van der Waals surface area contributed by atoms with Crippen LogP contribution in [0.15, 0.2) is 18.2 Å². The van der Waals surface area contributed by atoms with Crippen LogP contribution in [-0.2, 0) is 4.79 Å². The lowest BCUT2D eigenvalue weighted by Crippen LogP contribution is -2.68. The van der Waals surface area contributed by atoms with Crippen molar-refractivity contribution in [2.45, 2.75) is 37.6 Å². The summed E-state index contributed by atoms with van der Waals surface area (Å²) >= 11 is 5.95. The number of rotatable bonds is 3. The van der Waals surface area contributed by atoms with Crippen molar-refractivity contribution >= 4 is 23.4 Å². The van der Waals surface area contributed by atoms with Crippen molar-refractivity contribution in [2.75, 3.05) is 39.3 Å². The fraction of sp³-hybridized carbons (Fsp3) is 0.600. The fourth-order valence-electron chi connectivity index (χ4n) is 4.64. The second-order valence-electron chi connectivity index (χ2n) is 7.94. The van der Waals surface area contributed by atoms with E-state index in [1.54, 1.807) is 4.90 Å². The molecule has 146 valence electrons. The first-order valence-corrected chi connectivity index (χ1v) is 10.1. The number of benzene rings is 1. The fourth-order valence-corrected chi connectivity index (χ4v) is 4.81. The number of hydrogen-bond acceptors (Lipinski definition) is 3. The van der Waals surface area contributed by atoms with E-state index in [1.165, 1.54) is 18.2 Å². The average Bonchev–Trinajstić information content (AvgIpc) is 3.21. The Morgan fingerprint density at radius 3 is 2.48 bits per heavy atom. The maximum atomic E-state index is 14.1. The molecule has 27 heavy (non-hydrogen) atoms. The number of hydrogen-bond donors (Lipinski definition) is 0. The number of nitrogens with zero attached hydrogens (tertiary/aromatic N) is 3. The van der Waals surface area contributed by atoms with Crippen molar-refractivity contribution in [1.29, 1.82) is 0 Å². The van der Waals surface area contributed by atoms with Gasteiger partial charge in [-0.15, -0.1) is 0 Å². The molecule has 1 aromatic rings. The van der Waals surface area contributed by atoms with Crippen LogP contribution in [0.1, 0.15) is 42.5 Å². The largest absolute Gasteiger partial charge is 0.342 e. The van der Waals surface area contributed by atoms with E-state index < -0.39 is 5.82 Å². The highest BCUT2D eigenvalue weighted by Gasteiger charge is 2.49. The molecule has 1 aromatic carbocycles. The molecule has 7 heteroatoms. The molecule has 0 N–H and O–H groups in total. The molecule has 3 aliphatic rings. The van der Waals surface area contributed by atoms with Crippen LogP contribution in [-0.4, -0.2) is 71.3 Å². The summed E-state index contributed by atoms with van der Waals surface area (Å²) in [5.74, 6) is -0.665. The minimum absolute atomic E-state index is 0.0265. The lowest BCUT2D eigenvalue weighted by molar-refractivity contribution is -0.138. The van der Waals surface area contributed by atoms with Crippen molar-refractivity contribution in [3.8, 4) is 0 Å². The van der Waals surface area contributed by atoms with E-state index in [2.05, 4.69) is 4.90 Å². The van der Waals surface area contributed by atoms with Crippen LogP contribution >= 0.6 is 11.6 Å². The van der Waals surface area contributed by atoms with Crippen LogP contribution in [0.4, 0.5) is 4.39 Å². The molecule has 3 saturated heterocycles. The first-order valence-electron chi connectivity index (χ1n) is 9.76. The van der Waals surface area contributed by atoms with Gasteiger partial charge in [-0.1, -0.05) is 11.6 Å². The molecule has 0 aliphatic carbocycles. The molecule has 1 spiro atoms. The van der Waals surface area contributed by atoms with Crippen molar-refractivity contribution in [2.24, 2.45) is 0 Å². The minimum Gasteiger partial charge on any atom is -0.342 e. The number of halogens is 2. The molecule has 0 radical (unpaired) electrons. The zero-order valence-electron chi connectivity index (χ0n) is 15.4. The Balaban J connectivity index is 1.45. The topological polar surface area (TPSA) is 43.9 Å². The Morgan fingerprint density at radius 2 is 1.78 bits per heavy atom. The van der Waals surface area contributed by atoms with E-state index in [9.17, 15) is 14.0 Å². The smallest absolute Gasteiger partial charge is 0.256 e. The highest BCUT2D eigenvalue weighted by Crippen LogP contribution is 2.39. The van der Waals surface area contributed by atoms with Gasteiger partial charge in [0.2, 0.25) is 5.91 Å². The maximum Gasteiger partial charge on any atom is 0.256 e. The predicted octanol–water partition coefficient (Wildman–Crippen LogP) is 2.78. The monoisotopic (exact) mass is 393 g/mol. The normalized spacial score (nSPS) is 25.7. The van der Waals surface area contributed by atoms with E-state index >= 15 is 0 Å². The van der Waals surface area contributed by atoms with E-state index in [0.29, 0.717) is 24.7 Å². The molecular weight excluding hydrogens is 369 g/mol. The molecule has 2 amide bonds. The number of carbonyl (C=O) groups excluding carboxylic acids is 2. The van der Waals surface area contributed by atoms with Crippen LogP contribution in [0.2, 0.25) is 5.02 Å². The Hall–Kier alpha value is -1.66. The lowest BCUT2D eigenvalue weighted by Gasteiger charge is -2.57. The molecule has 3 heterocycles. The van der Waals surface area contributed by atoms with Gasteiger partial charge in [-0.25, -0.2) is 4.39 Å². The molecule has 0 saturated carbocycles. The van der Waals surface area contributed by atoms with Crippen molar-refractivity contribution in [1.82, 2.24) is 14.7 Å². The van der Waals surface area contributed by atoms with E-state index in [0.717, 1.165) is 51.7 Å². The Kier molecular flexibility index (Phi) is 5.12. The first kappa shape index (κ1) is 18.7. The number of amides is 2. The van der Waals surface area contributed by atoms with E-state index in [-0.39, 0.29) is 22.9 Å². The Bertz CT molecular complexity index is 753. The summed E-state index contributed by atoms with van der Waals surface area (Å²) < 4.78 is 14.1. The van der Waals surface area contributed by atoms with Gasteiger partial charge in [-0.3, -0.25) is 14.5 Å². The minimum atomic E-state index is -0.543. The molecule has 1 unspecified atom stereocenters. The summed E-state index contributed by atoms with van der Waals surface area (Å²) in [6.07, 6.45) is 4.99. The third-order valence-electron chi connectivity index (χ3n) is 6.30. The van der Waals surface area contributed by atoms with Crippen LogP contribution in [0.3, 0.4) is 0 Å². The van der Waals surface area contributed by atoms with Gasteiger partial charge in [0.05, 0.1) is 12.1 Å². The van der Waals surface area contributed by atoms with Gasteiger partial charge in [0.25, 0.3) is 5.91 Å². The van der Waals surface area contributed by atoms with Gasteiger partial charge in [0.1, 0.15) is 5.82 Å². The maximum absolute atomic E-state index is 14.1. The number of carbonyl (C=O) groups is 2. The molecule has 3 fully saturated rings. The van der Waals surface area contributed by atoms with Gasteiger partial charge < -0.3 is 9.80 Å². The summed E-state index contributed by atoms with van der Waals surface area (Å²) in [7, 11) is 0. The summed E-state index contributed by atoms with van der Waals surface area (Å²) in [5, 5.41) is 0.355. The van der Waals surface area contributed by atoms with Crippen molar-refractivity contribution in [3.63, 3.8) is 0 Å². The zero-order valence-corrected chi connectivity index (χ0v) is 16.2. The molecule has 0 aromatic heterocycles. The average molecular weight is 394 g/mol. The van der Waals surface area contributed by atoms with Crippen molar-refractivity contribution in [3.05, 3.63) is 34.6 Å². The first-order chi connectivity index (χ1) is 13.0. The molecule has 1 atom stereocenters. The van der Waals surface area contributed by atoms with E-state index in [1.807, 2.05) is 4.90 Å². The van der Waals surface area contributed by atoms with Crippen LogP contribution in [0.5, 0.6) is 0 Å². The zero-order chi connectivity index (χ0) is 19.0. The van der Waals surface area contributed by atoms with Gasteiger partial charge in [0.15, 0.2) is 0 Å². The lowest BCUT2D eigenvalue weighted by atomic mass is 9.77. The van der Waals surface area contributed by atoms with Gasteiger partial charge >= 0.3 is 0 Å². The molecular formula is C20H25ClFN3O2. The number of likely N-dealkylation sites (tertiary alicyclic amines) is 3. The summed E-state index contributed by atoms with van der Waals surface area (Å²) in [4.78, 5) is 31.3. The second-order valence-corrected chi connectivity index (χ2v) is 8.37. The standard InChI is InChI=1S/C20H25ClFN3O2/c21-15-4-5-17(22)16(12-15)19(27)24-10-3-6-20(14-24)7-11-25(20)13-18(26)23-8-1-2-9-23/h4-5,12H,1-3,6-11,13-14H2. The summed E-state index contributed by atoms with van der Waals surface area (Å²) in [6.45, 7) is 4.18. The van der Waals surface area contributed by atoms with Gasteiger partial charge in [-0.05, 0) is 50.3 Å².